The average molecular weight is 378 g/mol. The number of likely N-dealkylation sites (tertiary alicyclic amines) is 1. The maximum atomic E-state index is 12.6. The second-order valence-corrected chi connectivity index (χ2v) is 8.23. The smallest absolute Gasteiger partial charge is 0.227 e. The Bertz CT molecular complexity index is 649. The highest BCUT2D eigenvalue weighted by Gasteiger charge is 2.35. The molecule has 26 heavy (non-hydrogen) atoms. The van der Waals surface area contributed by atoms with Crippen molar-refractivity contribution < 1.29 is 9.59 Å². The third kappa shape index (κ3) is 4.77. The van der Waals surface area contributed by atoms with Crippen LogP contribution in [0.1, 0.15) is 33.1 Å². The van der Waals surface area contributed by atoms with E-state index >= 15 is 0 Å². The van der Waals surface area contributed by atoms with Crippen molar-refractivity contribution in [2.45, 2.75) is 39.2 Å². The summed E-state index contributed by atoms with van der Waals surface area (Å²) in [5, 5.41) is 3.74. The van der Waals surface area contributed by atoms with Crippen LogP contribution in [0.3, 0.4) is 0 Å². The summed E-state index contributed by atoms with van der Waals surface area (Å²) in [6, 6.07) is 7.26. The molecule has 3 atom stereocenters. The minimum Gasteiger partial charge on any atom is -0.352 e. The molecular formula is C20H28ClN3O2. The molecule has 1 N–H and O–H groups in total. The highest BCUT2D eigenvalue weighted by Crippen LogP contribution is 2.26. The van der Waals surface area contributed by atoms with E-state index in [4.69, 9.17) is 11.6 Å². The number of hydrogen-bond donors (Lipinski definition) is 1. The third-order valence-corrected chi connectivity index (χ3v) is 5.55. The molecule has 3 unspecified atom stereocenters. The lowest BCUT2D eigenvalue weighted by molar-refractivity contribution is -0.127. The first-order chi connectivity index (χ1) is 12.4. The van der Waals surface area contributed by atoms with Crippen molar-refractivity contribution in [1.29, 1.82) is 0 Å². The molecule has 1 aromatic rings. The number of carbonyl (C=O) groups excluding carboxylic acids is 2. The van der Waals surface area contributed by atoms with Crippen LogP contribution < -0.4 is 10.2 Å². The van der Waals surface area contributed by atoms with Crippen LogP contribution >= 0.6 is 11.6 Å². The summed E-state index contributed by atoms with van der Waals surface area (Å²) >= 11 is 5.91. The summed E-state index contributed by atoms with van der Waals surface area (Å²) < 4.78 is 0. The number of carbonyl (C=O) groups is 2. The van der Waals surface area contributed by atoms with Gasteiger partial charge in [0.2, 0.25) is 11.8 Å². The fourth-order valence-electron chi connectivity index (χ4n) is 4.00. The van der Waals surface area contributed by atoms with Crippen molar-refractivity contribution in [3.63, 3.8) is 0 Å². The number of rotatable bonds is 5. The molecule has 2 amide bonds. The zero-order valence-electron chi connectivity index (χ0n) is 15.6. The van der Waals surface area contributed by atoms with Gasteiger partial charge in [0.25, 0.3) is 0 Å². The fraction of sp³-hybridized carbons (Fsp3) is 0.600. The SMILES string of the molecule is CC1CCCN(CC(C)NC(=O)C2CC(=O)N(c3ccc(Cl)cc3)C2)C1. The van der Waals surface area contributed by atoms with E-state index in [9.17, 15) is 9.59 Å². The van der Waals surface area contributed by atoms with Crippen molar-refractivity contribution in [3.05, 3.63) is 29.3 Å². The molecule has 0 aromatic heterocycles. The Morgan fingerprint density at radius 2 is 2.04 bits per heavy atom. The van der Waals surface area contributed by atoms with E-state index in [0.29, 0.717) is 11.6 Å². The van der Waals surface area contributed by atoms with E-state index in [2.05, 4.69) is 17.1 Å². The van der Waals surface area contributed by atoms with Gasteiger partial charge in [-0.05, 0) is 56.5 Å². The van der Waals surface area contributed by atoms with Crippen LogP contribution in [0.4, 0.5) is 5.69 Å². The molecule has 0 saturated carbocycles. The predicted molar refractivity (Wildman–Crippen MR) is 104 cm³/mol. The van der Waals surface area contributed by atoms with Crippen molar-refractivity contribution in [3.8, 4) is 0 Å². The highest BCUT2D eigenvalue weighted by atomic mass is 35.5. The van der Waals surface area contributed by atoms with Gasteiger partial charge in [0, 0.05) is 42.8 Å². The number of amides is 2. The summed E-state index contributed by atoms with van der Waals surface area (Å²) in [5.74, 6) is 0.408. The predicted octanol–water partition coefficient (Wildman–Crippen LogP) is 2.93. The van der Waals surface area contributed by atoms with Crippen molar-refractivity contribution in [2.75, 3.05) is 31.1 Å². The number of benzene rings is 1. The number of halogens is 1. The quantitative estimate of drug-likeness (QED) is 0.858. The Labute approximate surface area is 160 Å². The Morgan fingerprint density at radius 3 is 2.73 bits per heavy atom. The highest BCUT2D eigenvalue weighted by molar-refractivity contribution is 6.30. The zero-order valence-corrected chi connectivity index (χ0v) is 16.3. The van der Waals surface area contributed by atoms with Gasteiger partial charge in [0.15, 0.2) is 0 Å². The molecule has 0 bridgehead atoms. The van der Waals surface area contributed by atoms with Gasteiger partial charge >= 0.3 is 0 Å². The van der Waals surface area contributed by atoms with E-state index in [0.717, 1.165) is 31.2 Å². The van der Waals surface area contributed by atoms with Crippen LogP contribution in [0.25, 0.3) is 0 Å². The summed E-state index contributed by atoms with van der Waals surface area (Å²) in [6.45, 7) is 7.84. The summed E-state index contributed by atoms with van der Waals surface area (Å²) in [4.78, 5) is 29.0. The van der Waals surface area contributed by atoms with Gasteiger partial charge in [-0.2, -0.15) is 0 Å². The van der Waals surface area contributed by atoms with Crippen LogP contribution in [0.15, 0.2) is 24.3 Å². The fourth-order valence-corrected chi connectivity index (χ4v) is 4.13. The number of hydrogen-bond acceptors (Lipinski definition) is 3. The summed E-state index contributed by atoms with van der Waals surface area (Å²) in [6.07, 6.45) is 2.79. The third-order valence-electron chi connectivity index (χ3n) is 5.30. The Hall–Kier alpha value is -1.59. The summed E-state index contributed by atoms with van der Waals surface area (Å²) in [5.41, 5.74) is 0.796. The van der Waals surface area contributed by atoms with E-state index in [-0.39, 0.29) is 30.2 Å². The normalized spacial score (nSPS) is 25.3. The molecule has 5 nitrogen and oxygen atoms in total. The zero-order chi connectivity index (χ0) is 18.7. The largest absolute Gasteiger partial charge is 0.352 e. The molecule has 2 aliphatic heterocycles. The topological polar surface area (TPSA) is 52.7 Å². The first-order valence-corrected chi connectivity index (χ1v) is 9.89. The van der Waals surface area contributed by atoms with Gasteiger partial charge in [0.1, 0.15) is 0 Å². The molecule has 2 saturated heterocycles. The maximum absolute atomic E-state index is 12.6. The molecule has 2 heterocycles. The van der Waals surface area contributed by atoms with E-state index in [1.54, 1.807) is 17.0 Å². The van der Waals surface area contributed by atoms with Gasteiger partial charge < -0.3 is 15.1 Å². The van der Waals surface area contributed by atoms with Gasteiger partial charge in [-0.15, -0.1) is 0 Å². The Morgan fingerprint density at radius 1 is 1.31 bits per heavy atom. The van der Waals surface area contributed by atoms with Crippen LogP contribution in [-0.2, 0) is 9.59 Å². The lowest BCUT2D eigenvalue weighted by atomic mass is 10.00. The molecule has 3 rings (SSSR count). The van der Waals surface area contributed by atoms with E-state index < -0.39 is 0 Å². The lowest BCUT2D eigenvalue weighted by Gasteiger charge is -2.33. The van der Waals surface area contributed by atoms with Crippen LogP contribution in [0, 0.1) is 11.8 Å². The van der Waals surface area contributed by atoms with Crippen LogP contribution in [0.2, 0.25) is 5.02 Å². The maximum Gasteiger partial charge on any atom is 0.227 e. The standard InChI is InChI=1S/C20H28ClN3O2/c1-14-4-3-9-23(11-14)12-15(2)22-20(26)16-10-19(25)24(13-16)18-7-5-17(21)6-8-18/h5-8,14-16H,3-4,9-13H2,1-2H3,(H,22,26). The molecule has 1 aromatic carbocycles. The van der Waals surface area contributed by atoms with Gasteiger partial charge in [0.05, 0.1) is 5.92 Å². The molecule has 142 valence electrons. The molecule has 0 spiro atoms. The van der Waals surface area contributed by atoms with Crippen molar-refractivity contribution in [2.24, 2.45) is 11.8 Å². The second kappa shape index (κ2) is 8.40. The number of anilines is 1. The molecule has 6 heteroatoms. The minimum absolute atomic E-state index is 0.00928. The van der Waals surface area contributed by atoms with Gasteiger partial charge in [-0.1, -0.05) is 18.5 Å². The van der Waals surface area contributed by atoms with Gasteiger partial charge in [-0.3, -0.25) is 9.59 Å². The molecule has 0 radical (unpaired) electrons. The van der Waals surface area contributed by atoms with Crippen LogP contribution in [0.5, 0.6) is 0 Å². The van der Waals surface area contributed by atoms with E-state index in [1.165, 1.54) is 12.8 Å². The molecule has 0 aliphatic carbocycles. The number of nitrogens with one attached hydrogen (secondary N) is 1. The first-order valence-electron chi connectivity index (χ1n) is 9.51. The van der Waals surface area contributed by atoms with E-state index in [1.807, 2.05) is 19.1 Å². The Balaban J connectivity index is 1.52. The molecule has 2 aliphatic rings. The molecular weight excluding hydrogens is 350 g/mol. The average Bonchev–Trinajstić information content (AvgIpc) is 2.97. The molecule has 2 fully saturated rings. The van der Waals surface area contributed by atoms with Gasteiger partial charge in [-0.25, -0.2) is 0 Å². The lowest BCUT2D eigenvalue weighted by Crippen LogP contribution is -2.46. The minimum atomic E-state index is -0.291. The van der Waals surface area contributed by atoms with Crippen molar-refractivity contribution in [1.82, 2.24) is 10.2 Å². The first kappa shape index (κ1) is 19.2. The monoisotopic (exact) mass is 377 g/mol. The summed E-state index contributed by atoms with van der Waals surface area (Å²) in [7, 11) is 0. The van der Waals surface area contributed by atoms with Crippen molar-refractivity contribution >= 4 is 29.1 Å². The van der Waals surface area contributed by atoms with Crippen LogP contribution in [-0.4, -0.2) is 48.9 Å². The second-order valence-electron chi connectivity index (χ2n) is 7.80. The number of piperidine rings is 1. The number of nitrogens with zero attached hydrogens (tertiary/aromatic N) is 2. The Kier molecular flexibility index (Phi) is 6.20.